The number of nitrogens with zero attached hydrogens (tertiary/aromatic N) is 1. The topological polar surface area (TPSA) is 107 Å². The Hall–Kier alpha value is -1.74. The highest BCUT2D eigenvalue weighted by Gasteiger charge is 2.38. The van der Waals surface area contributed by atoms with Gasteiger partial charge in [-0.15, -0.1) is 0 Å². The molecule has 1 saturated heterocycles. The van der Waals surface area contributed by atoms with Crippen LogP contribution >= 0.6 is 0 Å². The summed E-state index contributed by atoms with van der Waals surface area (Å²) in [6.45, 7) is 1.41. The molecule has 2 unspecified atom stereocenters. The quantitative estimate of drug-likeness (QED) is 0.646. The van der Waals surface area contributed by atoms with Crippen molar-refractivity contribution in [2.24, 2.45) is 0 Å². The summed E-state index contributed by atoms with van der Waals surface area (Å²) in [5.41, 5.74) is -0.212. The maximum atomic E-state index is 13.7. The first-order chi connectivity index (χ1) is 9.19. The third-order valence-corrected chi connectivity index (χ3v) is 4.68. The van der Waals surface area contributed by atoms with Gasteiger partial charge in [-0.1, -0.05) is 0 Å². The van der Waals surface area contributed by atoms with E-state index in [1.165, 1.54) is 6.92 Å². The van der Waals surface area contributed by atoms with Crippen molar-refractivity contribution in [1.82, 2.24) is 0 Å². The number of nitro benzene ring substituents is 1. The smallest absolute Gasteiger partial charge is 0.275 e. The lowest BCUT2D eigenvalue weighted by atomic mass is 10.2. The van der Waals surface area contributed by atoms with Crippen LogP contribution < -0.4 is 4.74 Å². The van der Waals surface area contributed by atoms with E-state index in [2.05, 4.69) is 0 Å². The molecule has 110 valence electrons. The summed E-state index contributed by atoms with van der Waals surface area (Å²) in [6, 6.07) is 1.83. The van der Waals surface area contributed by atoms with Crippen LogP contribution in [0.2, 0.25) is 0 Å². The van der Waals surface area contributed by atoms with Crippen LogP contribution in [0.15, 0.2) is 12.1 Å². The van der Waals surface area contributed by atoms with Gasteiger partial charge in [0.05, 0.1) is 22.5 Å². The van der Waals surface area contributed by atoms with Gasteiger partial charge in [0.2, 0.25) is 0 Å². The molecule has 0 amide bonds. The van der Waals surface area contributed by atoms with Crippen molar-refractivity contribution >= 4 is 15.5 Å². The van der Waals surface area contributed by atoms with Crippen LogP contribution in [-0.4, -0.2) is 42.2 Å². The number of halogens is 1. The molecule has 2 atom stereocenters. The first kappa shape index (κ1) is 14.7. The third-order valence-electron chi connectivity index (χ3n) is 3.00. The molecule has 9 heteroatoms. The van der Waals surface area contributed by atoms with Gasteiger partial charge < -0.3 is 9.84 Å². The fourth-order valence-electron chi connectivity index (χ4n) is 2.00. The zero-order chi connectivity index (χ0) is 15.1. The molecule has 1 aliphatic rings. The maximum absolute atomic E-state index is 13.7. The van der Waals surface area contributed by atoms with Crippen molar-refractivity contribution in [3.8, 4) is 5.75 Å². The molecule has 0 radical (unpaired) electrons. The van der Waals surface area contributed by atoms with E-state index in [4.69, 9.17) is 4.74 Å². The molecule has 0 aromatic heterocycles. The van der Waals surface area contributed by atoms with Crippen LogP contribution in [-0.2, 0) is 9.84 Å². The maximum Gasteiger partial charge on any atom is 0.275 e. The molecule has 20 heavy (non-hydrogen) atoms. The predicted molar refractivity (Wildman–Crippen MR) is 66.9 cm³/mol. The van der Waals surface area contributed by atoms with Gasteiger partial charge in [0.15, 0.2) is 21.4 Å². The van der Waals surface area contributed by atoms with E-state index in [1.54, 1.807) is 0 Å². The zero-order valence-corrected chi connectivity index (χ0v) is 11.3. The Balaban J connectivity index is 2.27. The second kappa shape index (κ2) is 4.98. The molecule has 1 aliphatic heterocycles. The van der Waals surface area contributed by atoms with Gasteiger partial charge in [0.25, 0.3) is 5.69 Å². The minimum absolute atomic E-state index is 0.182. The third kappa shape index (κ3) is 2.88. The molecule has 1 aromatic rings. The van der Waals surface area contributed by atoms with E-state index in [0.717, 1.165) is 6.07 Å². The summed E-state index contributed by atoms with van der Waals surface area (Å²) in [4.78, 5) is 9.92. The molecule has 0 saturated carbocycles. The largest absolute Gasteiger partial charge is 0.484 e. The molecule has 1 heterocycles. The van der Waals surface area contributed by atoms with Crippen molar-refractivity contribution in [3.63, 3.8) is 0 Å². The lowest BCUT2D eigenvalue weighted by molar-refractivity contribution is -0.385. The number of hydrogen-bond donors (Lipinski definition) is 1. The number of ether oxygens (including phenoxy) is 1. The molecule has 0 aliphatic carbocycles. The normalized spacial score (nSPS) is 24.6. The summed E-state index contributed by atoms with van der Waals surface area (Å²) in [5, 5.41) is 20.2. The van der Waals surface area contributed by atoms with Gasteiger partial charge in [-0.25, -0.2) is 12.8 Å². The average Bonchev–Trinajstić information content (AvgIpc) is 2.56. The Morgan fingerprint density at radius 3 is 2.60 bits per heavy atom. The number of rotatable bonds is 3. The Bertz CT molecular complexity index is 659. The van der Waals surface area contributed by atoms with Gasteiger partial charge in [-0.3, -0.25) is 10.1 Å². The van der Waals surface area contributed by atoms with Crippen LogP contribution in [0.25, 0.3) is 0 Å². The number of benzene rings is 1. The minimum atomic E-state index is -3.42. The van der Waals surface area contributed by atoms with Crippen LogP contribution in [0.3, 0.4) is 0 Å². The summed E-state index contributed by atoms with van der Waals surface area (Å²) in [7, 11) is -3.42. The van der Waals surface area contributed by atoms with Crippen LogP contribution in [0.4, 0.5) is 10.1 Å². The van der Waals surface area contributed by atoms with E-state index >= 15 is 0 Å². The first-order valence-electron chi connectivity index (χ1n) is 5.69. The van der Waals surface area contributed by atoms with Crippen LogP contribution in [0.1, 0.15) is 5.56 Å². The molecule has 7 nitrogen and oxygen atoms in total. The van der Waals surface area contributed by atoms with E-state index in [0.29, 0.717) is 6.07 Å². The van der Waals surface area contributed by atoms with Crippen molar-refractivity contribution in [2.75, 3.05) is 11.5 Å². The average molecular weight is 305 g/mol. The number of hydrogen-bond acceptors (Lipinski definition) is 6. The molecule has 2 rings (SSSR count). The monoisotopic (exact) mass is 305 g/mol. The number of nitro groups is 1. The second-order valence-electron chi connectivity index (χ2n) is 4.63. The standard InChI is InChI=1S/C11H12FNO6S/c1-6-2-10(7(12)3-8(6)13(15)16)19-11-5-20(17,18)4-9(11)14/h2-3,9,11,14H,4-5H2,1H3. The van der Waals surface area contributed by atoms with E-state index < -0.39 is 50.0 Å². The number of aryl methyl sites for hydroxylation is 1. The molecule has 1 aromatic carbocycles. The summed E-state index contributed by atoms with van der Waals surface area (Å²) in [6.07, 6.45) is -2.31. The van der Waals surface area contributed by atoms with Crippen molar-refractivity contribution in [3.05, 3.63) is 33.6 Å². The fraction of sp³-hybridized carbons (Fsp3) is 0.455. The van der Waals surface area contributed by atoms with Crippen LogP contribution in [0, 0.1) is 22.9 Å². The van der Waals surface area contributed by atoms with Gasteiger partial charge in [-0.05, 0) is 13.0 Å². The summed E-state index contributed by atoms with van der Waals surface area (Å²) >= 11 is 0. The lowest BCUT2D eigenvalue weighted by Crippen LogP contribution is -2.30. The second-order valence-corrected chi connectivity index (χ2v) is 6.78. The molecule has 0 bridgehead atoms. The van der Waals surface area contributed by atoms with Gasteiger partial charge in [0.1, 0.15) is 12.2 Å². The number of sulfone groups is 1. The summed E-state index contributed by atoms with van der Waals surface area (Å²) < 4.78 is 41.5. The Morgan fingerprint density at radius 2 is 2.10 bits per heavy atom. The van der Waals surface area contributed by atoms with Crippen LogP contribution in [0.5, 0.6) is 5.75 Å². The highest BCUT2D eigenvalue weighted by Crippen LogP contribution is 2.29. The van der Waals surface area contributed by atoms with Crippen molar-refractivity contribution in [2.45, 2.75) is 19.1 Å². The first-order valence-corrected chi connectivity index (χ1v) is 7.51. The number of aliphatic hydroxyl groups excluding tert-OH is 1. The van der Waals surface area contributed by atoms with Gasteiger partial charge in [-0.2, -0.15) is 0 Å². The zero-order valence-electron chi connectivity index (χ0n) is 10.4. The molecular formula is C11H12FNO6S. The fourth-order valence-corrected chi connectivity index (χ4v) is 3.67. The Morgan fingerprint density at radius 1 is 1.45 bits per heavy atom. The van der Waals surface area contributed by atoms with Crippen molar-refractivity contribution in [1.29, 1.82) is 0 Å². The molecule has 0 spiro atoms. The lowest BCUT2D eigenvalue weighted by Gasteiger charge is -2.16. The van der Waals surface area contributed by atoms with E-state index in [9.17, 15) is 28.0 Å². The van der Waals surface area contributed by atoms with Gasteiger partial charge >= 0.3 is 0 Å². The molecule has 1 N–H and O–H groups in total. The van der Waals surface area contributed by atoms with Gasteiger partial charge in [0, 0.05) is 5.56 Å². The molecular weight excluding hydrogens is 293 g/mol. The predicted octanol–water partition coefficient (Wildman–Crippen LogP) is 0.579. The highest BCUT2D eigenvalue weighted by molar-refractivity contribution is 7.91. The summed E-state index contributed by atoms with van der Waals surface area (Å²) in [5.74, 6) is -2.14. The van der Waals surface area contributed by atoms with E-state index in [1.807, 2.05) is 0 Å². The number of aliphatic hydroxyl groups is 1. The Labute approximate surface area is 114 Å². The SMILES string of the molecule is Cc1cc(OC2CS(=O)(=O)CC2O)c(F)cc1[N+](=O)[O-]. The molecule has 1 fully saturated rings. The highest BCUT2D eigenvalue weighted by atomic mass is 32.2. The van der Waals surface area contributed by atoms with E-state index in [-0.39, 0.29) is 11.3 Å². The Kier molecular flexibility index (Phi) is 3.65. The van der Waals surface area contributed by atoms with Crippen molar-refractivity contribution < 1.29 is 27.6 Å². The minimum Gasteiger partial charge on any atom is -0.484 e.